The molecule has 0 radical (unpaired) electrons. The van der Waals surface area contributed by atoms with Gasteiger partial charge in [0.1, 0.15) is 0 Å². The molecule has 0 bridgehead atoms. The average Bonchev–Trinajstić information content (AvgIpc) is 2.30. The highest BCUT2D eigenvalue weighted by Crippen LogP contribution is 2.30. The summed E-state index contributed by atoms with van der Waals surface area (Å²) in [6.07, 6.45) is 3.52. The summed E-state index contributed by atoms with van der Waals surface area (Å²) in [6.45, 7) is 0.920. The Labute approximate surface area is 84.2 Å². The zero-order valence-electron chi connectivity index (χ0n) is 8.19. The molecule has 1 unspecified atom stereocenters. The molecule has 0 spiro atoms. The minimum atomic E-state index is 0.322. The van der Waals surface area contributed by atoms with Crippen LogP contribution in [-0.4, -0.2) is 11.6 Å². The van der Waals surface area contributed by atoms with Crippen molar-refractivity contribution in [2.24, 2.45) is 5.22 Å². The Kier molecular flexibility index (Phi) is 2.77. The van der Waals surface area contributed by atoms with Gasteiger partial charge in [-0.25, -0.2) is 0 Å². The van der Waals surface area contributed by atoms with E-state index in [2.05, 4.69) is 17.4 Å². The number of nitrogens with zero attached hydrogens (tertiary/aromatic N) is 2. The van der Waals surface area contributed by atoms with Crippen LogP contribution >= 0.6 is 0 Å². The summed E-state index contributed by atoms with van der Waals surface area (Å²) in [5.41, 5.74) is 8.41. The van der Waals surface area contributed by atoms with E-state index in [1.807, 2.05) is 23.2 Å². The Morgan fingerprint density at radius 2 is 2.00 bits per heavy atom. The molecule has 2 rings (SSSR count). The zero-order valence-corrected chi connectivity index (χ0v) is 8.19. The van der Waals surface area contributed by atoms with Gasteiger partial charge in [-0.3, -0.25) is 5.01 Å². The minimum Gasteiger partial charge on any atom is -0.272 e. The van der Waals surface area contributed by atoms with Gasteiger partial charge in [-0.1, -0.05) is 35.6 Å². The maximum absolute atomic E-state index is 7.13. The largest absolute Gasteiger partial charge is 0.272 e. The first-order valence-electron chi connectivity index (χ1n) is 5.11. The molecule has 14 heavy (non-hydrogen) atoms. The van der Waals surface area contributed by atoms with E-state index in [0.717, 1.165) is 19.4 Å². The molecule has 1 aromatic rings. The SMILES string of the molecule is N=NN1CCCCC1c1ccccc1. The van der Waals surface area contributed by atoms with Gasteiger partial charge in [0.2, 0.25) is 0 Å². The monoisotopic (exact) mass is 189 g/mol. The van der Waals surface area contributed by atoms with Crippen LogP contribution in [0.2, 0.25) is 0 Å². The van der Waals surface area contributed by atoms with Crippen molar-refractivity contribution in [3.63, 3.8) is 0 Å². The second kappa shape index (κ2) is 4.22. The van der Waals surface area contributed by atoms with Gasteiger partial charge in [0.25, 0.3) is 0 Å². The third-order valence-electron chi connectivity index (χ3n) is 2.79. The van der Waals surface area contributed by atoms with Crippen LogP contribution in [0.5, 0.6) is 0 Å². The lowest BCUT2D eigenvalue weighted by molar-refractivity contribution is 0.138. The number of hydrogen-bond donors (Lipinski definition) is 1. The molecule has 3 heteroatoms. The van der Waals surface area contributed by atoms with E-state index in [1.54, 1.807) is 0 Å². The van der Waals surface area contributed by atoms with Crippen LogP contribution in [0, 0.1) is 5.53 Å². The molecule has 1 heterocycles. The van der Waals surface area contributed by atoms with Gasteiger partial charge in [-0.05, 0) is 24.8 Å². The Balaban J connectivity index is 2.19. The molecule has 0 amide bonds. The van der Waals surface area contributed by atoms with Gasteiger partial charge in [0.05, 0.1) is 6.04 Å². The molecule has 0 aliphatic carbocycles. The van der Waals surface area contributed by atoms with E-state index in [-0.39, 0.29) is 0 Å². The van der Waals surface area contributed by atoms with Crippen molar-refractivity contribution in [3.8, 4) is 0 Å². The first kappa shape index (κ1) is 9.19. The maximum Gasteiger partial charge on any atom is 0.0736 e. The van der Waals surface area contributed by atoms with E-state index < -0.39 is 0 Å². The fourth-order valence-electron chi connectivity index (χ4n) is 2.05. The molecule has 1 N–H and O–H groups in total. The quantitative estimate of drug-likeness (QED) is 0.713. The van der Waals surface area contributed by atoms with E-state index in [9.17, 15) is 0 Å². The standard InChI is InChI=1S/C11H15N3/c12-13-14-9-5-4-8-11(14)10-6-2-1-3-7-10/h1-3,6-7,11-12H,4-5,8-9H2. The summed E-state index contributed by atoms with van der Waals surface area (Å²) in [5.74, 6) is 0. The molecular weight excluding hydrogens is 174 g/mol. The topological polar surface area (TPSA) is 39.5 Å². The van der Waals surface area contributed by atoms with Crippen LogP contribution in [0.1, 0.15) is 30.9 Å². The summed E-state index contributed by atoms with van der Waals surface area (Å²) in [4.78, 5) is 0. The predicted octanol–water partition coefficient (Wildman–Crippen LogP) is 3.16. The number of piperidine rings is 1. The Hall–Kier alpha value is -1.38. The van der Waals surface area contributed by atoms with Gasteiger partial charge in [-0.2, -0.15) is 5.53 Å². The average molecular weight is 189 g/mol. The number of nitrogens with one attached hydrogen (secondary N) is 1. The van der Waals surface area contributed by atoms with Crippen molar-refractivity contribution in [2.75, 3.05) is 6.54 Å². The summed E-state index contributed by atoms with van der Waals surface area (Å²) in [6, 6.07) is 10.7. The van der Waals surface area contributed by atoms with Crippen LogP contribution in [0.3, 0.4) is 0 Å². The summed E-state index contributed by atoms with van der Waals surface area (Å²) < 4.78 is 0. The van der Waals surface area contributed by atoms with Crippen molar-refractivity contribution in [1.82, 2.24) is 5.01 Å². The van der Waals surface area contributed by atoms with E-state index in [0.29, 0.717) is 6.04 Å². The third-order valence-corrected chi connectivity index (χ3v) is 2.79. The molecule has 1 aliphatic heterocycles. The van der Waals surface area contributed by atoms with Crippen molar-refractivity contribution in [2.45, 2.75) is 25.3 Å². The molecule has 1 atom stereocenters. The van der Waals surface area contributed by atoms with Crippen LogP contribution in [0.15, 0.2) is 35.6 Å². The highest BCUT2D eigenvalue weighted by molar-refractivity contribution is 5.19. The highest BCUT2D eigenvalue weighted by Gasteiger charge is 2.22. The molecule has 1 aliphatic rings. The van der Waals surface area contributed by atoms with Crippen LogP contribution in [0.25, 0.3) is 0 Å². The van der Waals surface area contributed by atoms with Crippen molar-refractivity contribution >= 4 is 0 Å². The van der Waals surface area contributed by atoms with Crippen LogP contribution in [0.4, 0.5) is 0 Å². The summed E-state index contributed by atoms with van der Waals surface area (Å²) in [7, 11) is 0. The normalized spacial score (nSPS) is 22.0. The van der Waals surface area contributed by atoms with Gasteiger partial charge >= 0.3 is 0 Å². The number of benzene rings is 1. The summed E-state index contributed by atoms with van der Waals surface area (Å²) in [5, 5.41) is 5.48. The van der Waals surface area contributed by atoms with Gasteiger partial charge < -0.3 is 0 Å². The van der Waals surface area contributed by atoms with Gasteiger partial charge in [0.15, 0.2) is 0 Å². The molecule has 0 saturated carbocycles. The van der Waals surface area contributed by atoms with Crippen LogP contribution in [-0.2, 0) is 0 Å². The Bertz CT molecular complexity index is 297. The predicted molar refractivity (Wildman–Crippen MR) is 54.9 cm³/mol. The second-order valence-corrected chi connectivity index (χ2v) is 3.69. The summed E-state index contributed by atoms with van der Waals surface area (Å²) >= 11 is 0. The lowest BCUT2D eigenvalue weighted by atomic mass is 9.97. The molecule has 3 nitrogen and oxygen atoms in total. The Morgan fingerprint density at radius 1 is 1.21 bits per heavy atom. The molecular formula is C11H15N3. The fraction of sp³-hybridized carbons (Fsp3) is 0.455. The number of rotatable bonds is 2. The zero-order chi connectivity index (χ0) is 9.80. The first-order valence-corrected chi connectivity index (χ1v) is 5.11. The van der Waals surface area contributed by atoms with Crippen molar-refractivity contribution in [3.05, 3.63) is 35.9 Å². The van der Waals surface area contributed by atoms with E-state index >= 15 is 0 Å². The molecule has 0 aromatic heterocycles. The van der Waals surface area contributed by atoms with Crippen LogP contribution < -0.4 is 0 Å². The molecule has 1 fully saturated rings. The van der Waals surface area contributed by atoms with E-state index in [4.69, 9.17) is 5.53 Å². The lowest BCUT2D eigenvalue weighted by Crippen LogP contribution is -2.28. The van der Waals surface area contributed by atoms with Crippen molar-refractivity contribution in [1.29, 1.82) is 5.53 Å². The lowest BCUT2D eigenvalue weighted by Gasteiger charge is -2.32. The first-order chi connectivity index (χ1) is 6.92. The number of hydrogen-bond acceptors (Lipinski definition) is 2. The Morgan fingerprint density at radius 3 is 2.71 bits per heavy atom. The fourth-order valence-corrected chi connectivity index (χ4v) is 2.05. The maximum atomic E-state index is 7.13. The van der Waals surface area contributed by atoms with Gasteiger partial charge in [0, 0.05) is 6.54 Å². The third kappa shape index (κ3) is 1.76. The minimum absolute atomic E-state index is 0.322. The molecule has 74 valence electrons. The molecule has 1 saturated heterocycles. The molecule has 1 aromatic carbocycles. The smallest absolute Gasteiger partial charge is 0.0736 e. The second-order valence-electron chi connectivity index (χ2n) is 3.69. The van der Waals surface area contributed by atoms with Gasteiger partial charge in [-0.15, -0.1) is 0 Å². The van der Waals surface area contributed by atoms with E-state index in [1.165, 1.54) is 12.0 Å². The highest BCUT2D eigenvalue weighted by atomic mass is 15.5. The van der Waals surface area contributed by atoms with Crippen molar-refractivity contribution < 1.29 is 0 Å².